The van der Waals surface area contributed by atoms with Gasteiger partial charge in [0.05, 0.1) is 6.10 Å². The zero-order chi connectivity index (χ0) is 14.0. The number of carbonyl (C=O) groups excluding carboxylic acids is 1. The maximum atomic E-state index is 12.1. The second-order valence-corrected chi connectivity index (χ2v) is 7.56. The van der Waals surface area contributed by atoms with Gasteiger partial charge in [-0.05, 0) is 55.8 Å². The molecule has 0 aromatic heterocycles. The number of aliphatic hydroxyl groups excluding tert-OH is 1. The summed E-state index contributed by atoms with van der Waals surface area (Å²) in [7, 11) is 0. The van der Waals surface area contributed by atoms with Gasteiger partial charge < -0.3 is 10.4 Å². The summed E-state index contributed by atoms with van der Waals surface area (Å²) in [5.74, 6) is 1.52. The van der Waals surface area contributed by atoms with Gasteiger partial charge in [-0.25, -0.2) is 0 Å². The van der Waals surface area contributed by atoms with Crippen molar-refractivity contribution >= 4 is 5.91 Å². The molecule has 0 aliphatic heterocycles. The van der Waals surface area contributed by atoms with E-state index in [-0.39, 0.29) is 17.9 Å². The molecule has 1 amide bonds. The van der Waals surface area contributed by atoms with E-state index < -0.39 is 0 Å². The second kappa shape index (κ2) is 5.82. The van der Waals surface area contributed by atoms with Crippen molar-refractivity contribution in [2.45, 2.75) is 65.4 Å². The molecule has 2 rings (SSSR count). The summed E-state index contributed by atoms with van der Waals surface area (Å²) >= 11 is 0. The minimum absolute atomic E-state index is 0.159. The highest BCUT2D eigenvalue weighted by Crippen LogP contribution is 2.39. The van der Waals surface area contributed by atoms with Crippen LogP contribution >= 0.6 is 0 Å². The van der Waals surface area contributed by atoms with Gasteiger partial charge >= 0.3 is 0 Å². The third-order valence-electron chi connectivity index (χ3n) is 4.97. The van der Waals surface area contributed by atoms with E-state index >= 15 is 0 Å². The van der Waals surface area contributed by atoms with Gasteiger partial charge in [-0.1, -0.05) is 20.8 Å². The van der Waals surface area contributed by atoms with Crippen LogP contribution in [0.3, 0.4) is 0 Å². The van der Waals surface area contributed by atoms with Crippen LogP contribution in [0, 0.1) is 23.2 Å². The molecule has 0 radical (unpaired) electrons. The van der Waals surface area contributed by atoms with Crippen LogP contribution in [0.4, 0.5) is 0 Å². The molecule has 0 aromatic rings. The number of rotatable bonds is 4. The Morgan fingerprint density at radius 2 is 1.74 bits per heavy atom. The van der Waals surface area contributed by atoms with Crippen molar-refractivity contribution in [2.75, 3.05) is 6.54 Å². The van der Waals surface area contributed by atoms with E-state index in [0.29, 0.717) is 17.9 Å². The minimum atomic E-state index is -0.324. The van der Waals surface area contributed by atoms with Crippen molar-refractivity contribution in [1.29, 1.82) is 0 Å². The Hall–Kier alpha value is -0.570. The number of hydrogen-bond acceptors (Lipinski definition) is 2. The van der Waals surface area contributed by atoms with Crippen LogP contribution in [0.2, 0.25) is 0 Å². The van der Waals surface area contributed by atoms with E-state index in [2.05, 4.69) is 26.1 Å². The van der Waals surface area contributed by atoms with Crippen LogP contribution in [0.15, 0.2) is 0 Å². The van der Waals surface area contributed by atoms with Crippen molar-refractivity contribution in [3.63, 3.8) is 0 Å². The molecule has 2 fully saturated rings. The molecule has 0 heterocycles. The molecule has 2 saturated carbocycles. The largest absolute Gasteiger partial charge is 0.391 e. The summed E-state index contributed by atoms with van der Waals surface area (Å²) in [5, 5.41) is 12.7. The number of nitrogens with one attached hydrogen (secondary N) is 1. The Balaban J connectivity index is 1.70. The van der Waals surface area contributed by atoms with E-state index in [1.807, 2.05) is 0 Å². The highest BCUT2D eigenvalue weighted by Gasteiger charge is 2.33. The fraction of sp³-hybridized carbons (Fsp3) is 0.938. The van der Waals surface area contributed by atoms with Crippen molar-refractivity contribution in [3.05, 3.63) is 0 Å². The van der Waals surface area contributed by atoms with Crippen LogP contribution in [0.25, 0.3) is 0 Å². The molecule has 0 spiro atoms. The van der Waals surface area contributed by atoms with Crippen LogP contribution in [0.1, 0.15) is 59.3 Å². The van der Waals surface area contributed by atoms with Gasteiger partial charge in [0, 0.05) is 12.5 Å². The Morgan fingerprint density at radius 3 is 2.21 bits per heavy atom. The molecular formula is C16H29NO2. The first kappa shape index (κ1) is 14.8. The fourth-order valence-corrected chi connectivity index (χ4v) is 3.22. The Labute approximate surface area is 117 Å². The predicted molar refractivity (Wildman–Crippen MR) is 76.6 cm³/mol. The third-order valence-corrected chi connectivity index (χ3v) is 4.97. The summed E-state index contributed by atoms with van der Waals surface area (Å²) in [4.78, 5) is 12.1. The lowest BCUT2D eigenvalue weighted by molar-refractivity contribution is -0.127. The van der Waals surface area contributed by atoms with Crippen molar-refractivity contribution in [1.82, 2.24) is 5.32 Å². The first-order valence-corrected chi connectivity index (χ1v) is 7.83. The van der Waals surface area contributed by atoms with E-state index in [4.69, 9.17) is 0 Å². The van der Waals surface area contributed by atoms with E-state index in [0.717, 1.165) is 44.4 Å². The summed E-state index contributed by atoms with van der Waals surface area (Å²) in [6.45, 7) is 7.33. The quantitative estimate of drug-likeness (QED) is 0.823. The average Bonchev–Trinajstić information content (AvgIpc) is 3.19. The first-order valence-electron chi connectivity index (χ1n) is 7.83. The number of amides is 1. The average molecular weight is 267 g/mol. The Morgan fingerprint density at radius 1 is 1.16 bits per heavy atom. The zero-order valence-electron chi connectivity index (χ0n) is 12.6. The highest BCUT2D eigenvalue weighted by atomic mass is 16.3. The number of carbonyl (C=O) groups is 1. The molecule has 110 valence electrons. The molecule has 0 aromatic carbocycles. The van der Waals surface area contributed by atoms with Gasteiger partial charge in [-0.15, -0.1) is 0 Å². The molecule has 1 atom stereocenters. The molecule has 0 saturated heterocycles. The summed E-state index contributed by atoms with van der Waals surface area (Å²) < 4.78 is 0. The zero-order valence-corrected chi connectivity index (χ0v) is 12.6. The van der Waals surface area contributed by atoms with E-state index in [1.165, 1.54) is 0 Å². The first-order chi connectivity index (χ1) is 8.88. The van der Waals surface area contributed by atoms with Crippen molar-refractivity contribution in [2.24, 2.45) is 23.2 Å². The topological polar surface area (TPSA) is 49.3 Å². The van der Waals surface area contributed by atoms with Gasteiger partial charge in [-0.2, -0.15) is 0 Å². The number of aliphatic hydroxyl groups is 1. The second-order valence-electron chi connectivity index (χ2n) is 7.56. The summed E-state index contributed by atoms with van der Waals surface area (Å²) in [6.07, 6.45) is 6.25. The molecule has 1 unspecified atom stereocenters. The van der Waals surface area contributed by atoms with Crippen LogP contribution in [-0.2, 0) is 4.79 Å². The number of hydrogen-bond donors (Lipinski definition) is 2. The lowest BCUT2D eigenvalue weighted by Crippen LogP contribution is -2.39. The van der Waals surface area contributed by atoms with Crippen molar-refractivity contribution in [3.8, 4) is 0 Å². The van der Waals surface area contributed by atoms with Crippen LogP contribution < -0.4 is 5.32 Å². The monoisotopic (exact) mass is 267 g/mol. The van der Waals surface area contributed by atoms with Gasteiger partial charge in [0.25, 0.3) is 0 Å². The molecule has 2 aliphatic carbocycles. The normalized spacial score (nSPS) is 29.9. The molecule has 2 aliphatic rings. The van der Waals surface area contributed by atoms with Gasteiger partial charge in [0.15, 0.2) is 0 Å². The molecule has 3 nitrogen and oxygen atoms in total. The lowest BCUT2D eigenvalue weighted by atomic mass is 9.69. The molecule has 3 heteroatoms. The summed E-state index contributed by atoms with van der Waals surface area (Å²) in [5.41, 5.74) is 0.365. The standard InChI is InChI=1S/C16H29NO2/c1-16(2,3)13-8-6-12(7-9-13)15(19)17-10-14(18)11-4-5-11/h11-14,18H,4-10H2,1-3H3,(H,17,19). The molecule has 0 bridgehead atoms. The molecular weight excluding hydrogens is 238 g/mol. The third kappa shape index (κ3) is 4.20. The maximum absolute atomic E-state index is 12.1. The summed E-state index contributed by atoms with van der Waals surface area (Å²) in [6, 6.07) is 0. The highest BCUT2D eigenvalue weighted by molar-refractivity contribution is 5.78. The van der Waals surface area contributed by atoms with E-state index in [9.17, 15) is 9.90 Å². The molecule has 2 N–H and O–H groups in total. The van der Waals surface area contributed by atoms with Crippen molar-refractivity contribution < 1.29 is 9.90 Å². The van der Waals surface area contributed by atoms with Crippen LogP contribution in [-0.4, -0.2) is 23.7 Å². The van der Waals surface area contributed by atoms with Gasteiger partial charge in [0.2, 0.25) is 5.91 Å². The fourth-order valence-electron chi connectivity index (χ4n) is 3.22. The minimum Gasteiger partial charge on any atom is -0.391 e. The maximum Gasteiger partial charge on any atom is 0.223 e. The Bertz CT molecular complexity index is 309. The SMILES string of the molecule is CC(C)(C)C1CCC(C(=O)NCC(O)C2CC2)CC1. The van der Waals surface area contributed by atoms with E-state index in [1.54, 1.807) is 0 Å². The van der Waals surface area contributed by atoms with Gasteiger partial charge in [0.1, 0.15) is 0 Å². The smallest absolute Gasteiger partial charge is 0.223 e. The molecule has 19 heavy (non-hydrogen) atoms. The van der Waals surface area contributed by atoms with Crippen LogP contribution in [0.5, 0.6) is 0 Å². The predicted octanol–water partition coefficient (Wildman–Crippen LogP) is 2.73. The lowest BCUT2D eigenvalue weighted by Gasteiger charge is -2.36. The van der Waals surface area contributed by atoms with Gasteiger partial charge in [-0.3, -0.25) is 4.79 Å². The Kier molecular flexibility index (Phi) is 4.54.